The van der Waals surface area contributed by atoms with Gasteiger partial charge in [-0.1, -0.05) is 48.6 Å². The van der Waals surface area contributed by atoms with Crippen LogP contribution in [0.1, 0.15) is 16.8 Å². The molecule has 3 aliphatic rings. The Morgan fingerprint density at radius 1 is 0.806 bits per heavy atom. The number of carbonyl (C=O) groups is 3. The second kappa shape index (κ2) is 6.64. The van der Waals surface area contributed by atoms with Crippen molar-refractivity contribution in [1.29, 1.82) is 0 Å². The van der Waals surface area contributed by atoms with Gasteiger partial charge in [0, 0.05) is 5.39 Å². The van der Waals surface area contributed by atoms with Crippen molar-refractivity contribution < 1.29 is 19.1 Å². The third-order valence-corrected chi connectivity index (χ3v) is 6.78. The molecule has 0 spiro atoms. The van der Waals surface area contributed by atoms with Gasteiger partial charge in [0.05, 0.1) is 23.1 Å². The molecule has 6 rings (SSSR count). The Morgan fingerprint density at radius 2 is 1.45 bits per heavy atom. The van der Waals surface area contributed by atoms with Crippen molar-refractivity contribution in [3.8, 4) is 5.75 Å². The molecule has 0 aromatic heterocycles. The first-order valence-electron chi connectivity index (χ1n) is 10.5. The van der Waals surface area contributed by atoms with E-state index in [-0.39, 0.29) is 35.5 Å². The van der Waals surface area contributed by atoms with E-state index in [1.165, 1.54) is 4.90 Å². The van der Waals surface area contributed by atoms with Crippen molar-refractivity contribution in [2.75, 3.05) is 4.90 Å². The lowest BCUT2D eigenvalue weighted by Crippen LogP contribution is -2.32. The molecule has 1 aliphatic heterocycles. The Balaban J connectivity index is 1.24. The maximum Gasteiger partial charge on any atom is 0.343 e. The summed E-state index contributed by atoms with van der Waals surface area (Å²) >= 11 is 0. The lowest BCUT2D eigenvalue weighted by Gasteiger charge is -2.17. The van der Waals surface area contributed by atoms with E-state index < -0.39 is 5.97 Å². The fourth-order valence-electron chi connectivity index (χ4n) is 5.35. The second-order valence-electron chi connectivity index (χ2n) is 8.43. The van der Waals surface area contributed by atoms with Crippen LogP contribution in [0, 0.1) is 23.7 Å². The van der Waals surface area contributed by atoms with Gasteiger partial charge in [0.1, 0.15) is 5.75 Å². The van der Waals surface area contributed by atoms with Crippen LogP contribution in [-0.2, 0) is 9.59 Å². The maximum atomic E-state index is 13.0. The molecule has 2 fully saturated rings. The van der Waals surface area contributed by atoms with E-state index in [2.05, 4.69) is 12.2 Å². The zero-order valence-electron chi connectivity index (χ0n) is 16.6. The number of carbonyl (C=O) groups excluding carboxylic acids is 3. The second-order valence-corrected chi connectivity index (χ2v) is 8.43. The first-order valence-corrected chi connectivity index (χ1v) is 10.5. The van der Waals surface area contributed by atoms with Crippen LogP contribution >= 0.6 is 0 Å². The van der Waals surface area contributed by atoms with Crippen LogP contribution in [0.2, 0.25) is 0 Å². The Bertz CT molecular complexity index is 1240. The zero-order valence-corrected chi connectivity index (χ0v) is 16.6. The summed E-state index contributed by atoms with van der Waals surface area (Å²) in [6.07, 6.45) is 5.05. The first-order chi connectivity index (χ1) is 15.1. The number of rotatable bonds is 3. The first kappa shape index (κ1) is 18.1. The summed E-state index contributed by atoms with van der Waals surface area (Å²) in [4.78, 5) is 39.9. The molecular formula is C26H19NO4. The molecule has 1 heterocycles. The Kier molecular flexibility index (Phi) is 3.87. The van der Waals surface area contributed by atoms with Crippen molar-refractivity contribution in [1.82, 2.24) is 0 Å². The smallest absolute Gasteiger partial charge is 0.343 e. The number of esters is 1. The summed E-state index contributed by atoms with van der Waals surface area (Å²) in [5.41, 5.74) is 0.864. The highest BCUT2D eigenvalue weighted by Gasteiger charge is 2.59. The van der Waals surface area contributed by atoms with E-state index in [1.807, 2.05) is 36.4 Å². The van der Waals surface area contributed by atoms with Gasteiger partial charge in [-0.05, 0) is 54.0 Å². The molecule has 5 nitrogen and oxygen atoms in total. The molecule has 2 amide bonds. The van der Waals surface area contributed by atoms with Gasteiger partial charge in [-0.15, -0.1) is 0 Å². The molecule has 31 heavy (non-hydrogen) atoms. The third kappa shape index (κ3) is 2.66. The lowest BCUT2D eigenvalue weighted by molar-refractivity contribution is -0.123. The van der Waals surface area contributed by atoms with Crippen molar-refractivity contribution in [2.24, 2.45) is 23.7 Å². The molecule has 3 aromatic carbocycles. The highest BCUT2D eigenvalue weighted by Crippen LogP contribution is 2.53. The molecule has 1 saturated carbocycles. The van der Waals surface area contributed by atoms with Crippen molar-refractivity contribution in [3.05, 3.63) is 84.4 Å². The van der Waals surface area contributed by atoms with Crippen molar-refractivity contribution in [2.45, 2.75) is 6.42 Å². The van der Waals surface area contributed by atoms with Gasteiger partial charge >= 0.3 is 5.97 Å². The van der Waals surface area contributed by atoms with E-state index in [0.29, 0.717) is 17.0 Å². The van der Waals surface area contributed by atoms with E-state index in [4.69, 9.17) is 4.74 Å². The molecule has 0 N–H and O–H groups in total. The van der Waals surface area contributed by atoms with Crippen LogP contribution in [0.15, 0.2) is 78.9 Å². The molecule has 3 aromatic rings. The van der Waals surface area contributed by atoms with Crippen LogP contribution in [0.3, 0.4) is 0 Å². The number of hydrogen-bond acceptors (Lipinski definition) is 4. The molecule has 0 radical (unpaired) electrons. The average Bonchev–Trinajstić information content (AvgIpc) is 3.48. The third-order valence-electron chi connectivity index (χ3n) is 6.78. The monoisotopic (exact) mass is 409 g/mol. The predicted molar refractivity (Wildman–Crippen MR) is 116 cm³/mol. The van der Waals surface area contributed by atoms with Crippen LogP contribution in [0.5, 0.6) is 5.75 Å². The molecule has 1 saturated heterocycles. The van der Waals surface area contributed by atoms with E-state index in [1.54, 1.807) is 30.3 Å². The van der Waals surface area contributed by atoms with E-state index >= 15 is 0 Å². The number of imide groups is 1. The molecule has 5 heteroatoms. The number of benzene rings is 3. The van der Waals surface area contributed by atoms with Crippen LogP contribution < -0.4 is 9.64 Å². The van der Waals surface area contributed by atoms with Crippen LogP contribution in [0.25, 0.3) is 10.8 Å². The summed E-state index contributed by atoms with van der Waals surface area (Å²) in [6.45, 7) is 0. The predicted octanol–water partition coefficient (Wildman–Crippen LogP) is 4.37. The van der Waals surface area contributed by atoms with Gasteiger partial charge in [-0.25, -0.2) is 4.79 Å². The van der Waals surface area contributed by atoms with Crippen LogP contribution in [0.4, 0.5) is 5.69 Å². The maximum absolute atomic E-state index is 13.0. The number of anilines is 1. The number of nitrogens with zero attached hydrogens (tertiary/aromatic N) is 1. The number of allylic oxidation sites excluding steroid dienone is 2. The number of fused-ring (bicyclic) bond motifs is 6. The number of amides is 2. The fraction of sp³-hybridized carbons (Fsp3) is 0.192. The zero-order chi connectivity index (χ0) is 21.1. The van der Waals surface area contributed by atoms with E-state index in [9.17, 15) is 14.4 Å². The van der Waals surface area contributed by atoms with Gasteiger partial charge < -0.3 is 4.74 Å². The van der Waals surface area contributed by atoms with Gasteiger partial charge in [0.25, 0.3) is 0 Å². The summed E-state index contributed by atoms with van der Waals surface area (Å²) in [7, 11) is 0. The van der Waals surface area contributed by atoms with Crippen LogP contribution in [-0.4, -0.2) is 17.8 Å². The minimum absolute atomic E-state index is 0.127. The van der Waals surface area contributed by atoms with Crippen molar-refractivity contribution >= 4 is 34.2 Å². The highest BCUT2D eigenvalue weighted by molar-refractivity contribution is 6.22. The quantitative estimate of drug-likeness (QED) is 0.279. The number of ether oxygens (including phenoxy) is 1. The molecular weight excluding hydrogens is 390 g/mol. The van der Waals surface area contributed by atoms with Crippen molar-refractivity contribution in [3.63, 3.8) is 0 Å². The molecule has 2 bridgehead atoms. The standard InChI is InChI=1S/C26H19NO4/c28-24-22-17-8-9-18(14-17)23(22)25(29)27(24)19-12-10-16(11-13-19)26(30)31-21-7-3-5-15-4-1-2-6-20(15)21/h1-13,17-18,22-23H,14H2/t17-,18-,22-,23-/m0/s1. The average molecular weight is 409 g/mol. The molecule has 0 unspecified atom stereocenters. The molecule has 2 aliphatic carbocycles. The van der Waals surface area contributed by atoms with Gasteiger partial charge in [-0.3, -0.25) is 14.5 Å². The van der Waals surface area contributed by atoms with Gasteiger partial charge in [0.2, 0.25) is 11.8 Å². The number of hydrogen-bond donors (Lipinski definition) is 0. The lowest BCUT2D eigenvalue weighted by atomic mass is 9.85. The summed E-state index contributed by atoms with van der Waals surface area (Å²) in [5.74, 6) is -0.375. The molecule has 4 atom stereocenters. The summed E-state index contributed by atoms with van der Waals surface area (Å²) < 4.78 is 5.62. The Labute approximate surface area is 178 Å². The van der Waals surface area contributed by atoms with Gasteiger partial charge in [-0.2, -0.15) is 0 Å². The highest BCUT2D eigenvalue weighted by atomic mass is 16.5. The topological polar surface area (TPSA) is 63.7 Å². The van der Waals surface area contributed by atoms with Gasteiger partial charge in [0.15, 0.2) is 0 Å². The summed E-state index contributed by atoms with van der Waals surface area (Å²) in [5, 5.41) is 1.85. The molecule has 152 valence electrons. The normalized spacial score (nSPS) is 26.0. The largest absolute Gasteiger partial charge is 0.422 e. The minimum Gasteiger partial charge on any atom is -0.422 e. The minimum atomic E-state index is -0.485. The Hall–Kier alpha value is -3.73. The Morgan fingerprint density at radius 3 is 2.16 bits per heavy atom. The van der Waals surface area contributed by atoms with E-state index in [0.717, 1.165) is 17.2 Å². The summed E-state index contributed by atoms with van der Waals surface area (Å²) in [6, 6.07) is 19.8. The SMILES string of the molecule is O=C(Oc1cccc2ccccc12)c1ccc(N2C(=O)[C@@H]3[C@@H](C2=O)[C@H]2C=C[C@H]3C2)cc1. The fourth-order valence-corrected chi connectivity index (χ4v) is 5.35.